The Morgan fingerprint density at radius 2 is 2.17 bits per heavy atom. The molecule has 6 heteroatoms. The Kier molecular flexibility index (Phi) is 5.92. The molecular weight excluding hydrogens is 340 g/mol. The highest BCUT2D eigenvalue weighted by molar-refractivity contribution is 7.97. The monoisotopic (exact) mass is 362 g/mol. The third-order valence-corrected chi connectivity index (χ3v) is 6.48. The van der Waals surface area contributed by atoms with Gasteiger partial charge in [-0.1, -0.05) is 32.3 Å². The van der Waals surface area contributed by atoms with E-state index in [9.17, 15) is 9.90 Å². The average molecular weight is 363 g/mol. The first-order valence-corrected chi connectivity index (χ1v) is 10.1. The maximum absolute atomic E-state index is 11.2. The number of aromatic carboxylic acids is 1. The van der Waals surface area contributed by atoms with E-state index in [1.165, 1.54) is 49.1 Å². The van der Waals surface area contributed by atoms with Gasteiger partial charge in [0.05, 0.1) is 15.4 Å². The summed E-state index contributed by atoms with van der Waals surface area (Å²) in [6, 6.07) is 5.32. The zero-order valence-corrected chi connectivity index (χ0v) is 15.4. The average Bonchev–Trinajstić information content (AvgIpc) is 3.10. The summed E-state index contributed by atoms with van der Waals surface area (Å²) in [6.07, 6.45) is 8.37. The van der Waals surface area contributed by atoms with Gasteiger partial charge in [0.1, 0.15) is 0 Å². The Balaban J connectivity index is 1.89. The Morgan fingerprint density at radius 1 is 1.38 bits per heavy atom. The van der Waals surface area contributed by atoms with Crippen LogP contribution in [0.15, 0.2) is 29.3 Å². The van der Waals surface area contributed by atoms with Crippen LogP contribution in [0.25, 0.3) is 10.4 Å². The van der Waals surface area contributed by atoms with E-state index in [1.54, 1.807) is 23.5 Å². The van der Waals surface area contributed by atoms with Crippen LogP contribution < -0.4 is 4.72 Å². The molecule has 24 heavy (non-hydrogen) atoms. The molecule has 0 bridgehead atoms. The molecule has 0 atom stereocenters. The molecule has 128 valence electrons. The maximum Gasteiger partial charge on any atom is 0.335 e. The summed E-state index contributed by atoms with van der Waals surface area (Å²) >= 11 is 3.24. The fourth-order valence-corrected chi connectivity index (χ4v) is 5.01. The van der Waals surface area contributed by atoms with Crippen molar-refractivity contribution in [3.05, 3.63) is 35.0 Å². The molecule has 2 aromatic rings. The highest BCUT2D eigenvalue weighted by atomic mass is 32.2. The van der Waals surface area contributed by atoms with Crippen molar-refractivity contribution in [2.24, 2.45) is 0 Å². The molecule has 0 amide bonds. The highest BCUT2D eigenvalue weighted by Crippen LogP contribution is 2.40. The van der Waals surface area contributed by atoms with Crippen LogP contribution in [-0.4, -0.2) is 22.6 Å². The van der Waals surface area contributed by atoms with Crippen molar-refractivity contribution < 1.29 is 9.90 Å². The lowest BCUT2D eigenvalue weighted by Crippen LogP contribution is -2.03. The molecule has 0 radical (unpaired) electrons. The third-order valence-electron chi connectivity index (χ3n) is 4.30. The minimum absolute atomic E-state index is 0.316. The van der Waals surface area contributed by atoms with E-state index in [4.69, 9.17) is 0 Å². The molecule has 1 aliphatic rings. The zero-order valence-electron chi connectivity index (χ0n) is 13.7. The summed E-state index contributed by atoms with van der Waals surface area (Å²) in [5.41, 5.74) is 1.38. The molecule has 1 aromatic heterocycles. The normalized spacial score (nSPS) is 15.5. The number of thiazole rings is 1. The molecule has 0 aliphatic heterocycles. The zero-order chi connectivity index (χ0) is 16.9. The van der Waals surface area contributed by atoms with Gasteiger partial charge in [-0.3, -0.25) is 4.72 Å². The quantitative estimate of drug-likeness (QED) is 0.694. The number of benzene rings is 1. The molecule has 1 aliphatic carbocycles. The molecule has 1 aromatic carbocycles. The summed E-state index contributed by atoms with van der Waals surface area (Å²) < 4.78 is 3.22. The Labute approximate surface area is 150 Å². The van der Waals surface area contributed by atoms with Crippen LogP contribution in [-0.2, 0) is 0 Å². The van der Waals surface area contributed by atoms with E-state index >= 15 is 0 Å². The van der Waals surface area contributed by atoms with Crippen molar-refractivity contribution in [2.75, 3.05) is 6.54 Å². The fraction of sp³-hybridized carbons (Fsp3) is 0.444. The molecule has 0 unspecified atom stereocenters. The van der Waals surface area contributed by atoms with E-state index in [0.717, 1.165) is 21.9 Å². The van der Waals surface area contributed by atoms with Crippen molar-refractivity contribution >= 4 is 29.3 Å². The summed E-state index contributed by atoms with van der Waals surface area (Å²) in [5, 5.41) is 10.5. The van der Waals surface area contributed by atoms with Gasteiger partial charge < -0.3 is 5.11 Å². The van der Waals surface area contributed by atoms with Gasteiger partial charge >= 0.3 is 5.97 Å². The summed E-state index contributed by atoms with van der Waals surface area (Å²) in [6.45, 7) is 2.85. The van der Waals surface area contributed by atoms with Gasteiger partial charge in [0, 0.05) is 29.1 Å². The SMILES string of the molecule is CCNSc1cc(C(=O)O)ccc1-c1cnc(C2CCCCC2)s1. The third kappa shape index (κ3) is 3.99. The first-order valence-electron chi connectivity index (χ1n) is 8.42. The predicted molar refractivity (Wildman–Crippen MR) is 99.9 cm³/mol. The van der Waals surface area contributed by atoms with Crippen molar-refractivity contribution in [3.63, 3.8) is 0 Å². The summed E-state index contributed by atoms with van der Waals surface area (Å²) in [7, 11) is 0. The number of rotatable bonds is 6. The first-order chi connectivity index (χ1) is 11.7. The minimum atomic E-state index is -0.896. The van der Waals surface area contributed by atoms with Crippen molar-refractivity contribution in [3.8, 4) is 10.4 Å². The fourth-order valence-electron chi connectivity index (χ4n) is 3.04. The second-order valence-electron chi connectivity index (χ2n) is 6.01. The van der Waals surface area contributed by atoms with Crippen LogP contribution in [0.2, 0.25) is 0 Å². The van der Waals surface area contributed by atoms with Crippen LogP contribution in [0, 0.1) is 0 Å². The molecule has 3 rings (SSSR count). The number of nitrogens with one attached hydrogen (secondary N) is 1. The molecule has 2 N–H and O–H groups in total. The highest BCUT2D eigenvalue weighted by Gasteiger charge is 2.20. The maximum atomic E-state index is 11.2. The summed E-state index contributed by atoms with van der Waals surface area (Å²) in [4.78, 5) is 18.0. The first kappa shape index (κ1) is 17.5. The standard InChI is InChI=1S/C18H22N2O2S2/c1-2-20-24-15-10-13(18(21)22)8-9-14(15)16-11-19-17(23-16)12-6-4-3-5-7-12/h8-12,20H,2-7H2,1H3,(H,21,22). The molecule has 1 heterocycles. The number of hydrogen-bond donors (Lipinski definition) is 2. The number of nitrogens with zero attached hydrogens (tertiary/aromatic N) is 1. The number of aromatic nitrogens is 1. The Bertz CT molecular complexity index is 709. The van der Waals surface area contributed by atoms with Crippen molar-refractivity contribution in [1.82, 2.24) is 9.71 Å². The predicted octanol–water partition coefficient (Wildman–Crippen LogP) is 5.17. The van der Waals surface area contributed by atoms with E-state index in [-0.39, 0.29) is 0 Å². The lowest BCUT2D eigenvalue weighted by molar-refractivity contribution is 0.0696. The van der Waals surface area contributed by atoms with Gasteiger partial charge in [-0.2, -0.15) is 0 Å². The van der Waals surface area contributed by atoms with Crippen LogP contribution in [0.4, 0.5) is 0 Å². The smallest absolute Gasteiger partial charge is 0.335 e. The largest absolute Gasteiger partial charge is 0.478 e. The molecule has 0 saturated heterocycles. The minimum Gasteiger partial charge on any atom is -0.478 e. The molecule has 0 spiro atoms. The van der Waals surface area contributed by atoms with Gasteiger partial charge in [-0.15, -0.1) is 11.3 Å². The van der Waals surface area contributed by atoms with Gasteiger partial charge in [0.15, 0.2) is 0 Å². The number of hydrogen-bond acceptors (Lipinski definition) is 5. The van der Waals surface area contributed by atoms with E-state index < -0.39 is 5.97 Å². The van der Waals surface area contributed by atoms with Crippen LogP contribution in [0.3, 0.4) is 0 Å². The molecule has 1 fully saturated rings. The number of carboxylic acids is 1. The van der Waals surface area contributed by atoms with Gasteiger partial charge in [-0.25, -0.2) is 9.78 Å². The van der Waals surface area contributed by atoms with Gasteiger partial charge in [0.2, 0.25) is 0 Å². The summed E-state index contributed by atoms with van der Waals surface area (Å²) in [5.74, 6) is -0.298. The molecule has 4 nitrogen and oxygen atoms in total. The molecule has 1 saturated carbocycles. The van der Waals surface area contributed by atoms with Crippen LogP contribution in [0.5, 0.6) is 0 Å². The lowest BCUT2D eigenvalue weighted by Gasteiger charge is -2.18. The second kappa shape index (κ2) is 8.14. The van der Waals surface area contributed by atoms with Gasteiger partial charge in [0.25, 0.3) is 0 Å². The van der Waals surface area contributed by atoms with E-state index in [2.05, 4.69) is 9.71 Å². The van der Waals surface area contributed by atoms with Crippen LogP contribution in [0.1, 0.15) is 60.3 Å². The Morgan fingerprint density at radius 3 is 2.88 bits per heavy atom. The van der Waals surface area contributed by atoms with Crippen molar-refractivity contribution in [2.45, 2.75) is 49.8 Å². The van der Waals surface area contributed by atoms with Crippen LogP contribution >= 0.6 is 23.3 Å². The van der Waals surface area contributed by atoms with Crippen molar-refractivity contribution in [1.29, 1.82) is 0 Å². The topological polar surface area (TPSA) is 62.2 Å². The lowest BCUT2D eigenvalue weighted by atomic mass is 9.90. The van der Waals surface area contributed by atoms with E-state index in [0.29, 0.717) is 11.5 Å². The second-order valence-corrected chi connectivity index (χ2v) is 8.01. The number of carbonyl (C=O) groups is 1. The van der Waals surface area contributed by atoms with E-state index in [1.807, 2.05) is 19.2 Å². The molecular formula is C18H22N2O2S2. The Hall–Kier alpha value is -1.37. The van der Waals surface area contributed by atoms with Gasteiger partial charge in [-0.05, 0) is 36.9 Å². The number of carboxylic acid groups (broad SMARTS) is 1.